The lowest BCUT2D eigenvalue weighted by Gasteiger charge is -2.23. The van der Waals surface area contributed by atoms with Gasteiger partial charge in [-0.05, 0) is 49.2 Å². The molecule has 146 valence electrons. The van der Waals surface area contributed by atoms with Crippen molar-refractivity contribution in [1.29, 1.82) is 0 Å². The monoisotopic (exact) mass is 399 g/mol. The zero-order valence-electron chi connectivity index (χ0n) is 15.7. The summed E-state index contributed by atoms with van der Waals surface area (Å²) in [6, 6.07) is 11.6. The van der Waals surface area contributed by atoms with Crippen LogP contribution in [0.5, 0.6) is 0 Å². The number of sulfonamides is 1. The number of aromatic nitrogens is 3. The number of rotatable bonds is 4. The number of hydrogen-bond acceptors (Lipinski definition) is 5. The highest BCUT2D eigenvalue weighted by Gasteiger charge is 2.33. The second-order valence-electron chi connectivity index (χ2n) is 6.96. The molecule has 1 atom stereocenters. The van der Waals surface area contributed by atoms with Crippen molar-refractivity contribution < 1.29 is 13.2 Å². The van der Waals surface area contributed by atoms with Gasteiger partial charge in [-0.3, -0.25) is 9.20 Å². The Hall–Kier alpha value is -2.78. The van der Waals surface area contributed by atoms with E-state index in [0.29, 0.717) is 12.1 Å². The Bertz CT molecular complexity index is 1120. The zero-order valence-corrected chi connectivity index (χ0v) is 16.5. The summed E-state index contributed by atoms with van der Waals surface area (Å²) in [5.74, 6) is 0.609. The summed E-state index contributed by atoms with van der Waals surface area (Å²) in [6.45, 7) is 0.628. The number of hydrogen-bond donors (Lipinski definition) is 0. The van der Waals surface area contributed by atoms with Crippen LogP contribution in [0, 0.1) is 0 Å². The van der Waals surface area contributed by atoms with Crippen LogP contribution < -0.4 is 0 Å². The first kappa shape index (κ1) is 18.6. The number of nitrogens with zero attached hydrogens (tertiary/aromatic N) is 5. The molecule has 28 heavy (non-hydrogen) atoms. The van der Waals surface area contributed by atoms with E-state index in [-0.39, 0.29) is 16.8 Å². The largest absolute Gasteiger partial charge is 0.328 e. The third-order valence-electron chi connectivity index (χ3n) is 5.03. The van der Waals surface area contributed by atoms with Crippen LogP contribution in [-0.2, 0) is 10.0 Å². The van der Waals surface area contributed by atoms with Crippen molar-refractivity contribution in [3.8, 4) is 0 Å². The SMILES string of the molecule is CN(C)S(=O)(=O)c1ccc(C(=O)N2CCCC2c2nnc3ccccn23)cc1. The van der Waals surface area contributed by atoms with Gasteiger partial charge in [0.2, 0.25) is 10.0 Å². The van der Waals surface area contributed by atoms with Crippen LogP contribution in [-0.4, -0.2) is 58.8 Å². The molecule has 0 N–H and O–H groups in total. The van der Waals surface area contributed by atoms with Crippen LogP contribution in [0.3, 0.4) is 0 Å². The van der Waals surface area contributed by atoms with Gasteiger partial charge in [-0.1, -0.05) is 6.07 Å². The second kappa shape index (κ2) is 6.99. The first-order valence-corrected chi connectivity index (χ1v) is 10.5. The number of amides is 1. The molecule has 9 heteroatoms. The zero-order chi connectivity index (χ0) is 19.9. The number of pyridine rings is 1. The summed E-state index contributed by atoms with van der Waals surface area (Å²) < 4.78 is 27.5. The fraction of sp³-hybridized carbons (Fsp3) is 0.316. The van der Waals surface area contributed by atoms with Crippen LogP contribution in [0.2, 0.25) is 0 Å². The van der Waals surface area contributed by atoms with Gasteiger partial charge in [-0.2, -0.15) is 0 Å². The highest BCUT2D eigenvalue weighted by molar-refractivity contribution is 7.89. The molecule has 1 saturated heterocycles. The van der Waals surface area contributed by atoms with Gasteiger partial charge in [0.25, 0.3) is 5.91 Å². The molecule has 0 radical (unpaired) electrons. The minimum atomic E-state index is -3.52. The van der Waals surface area contributed by atoms with Crippen LogP contribution in [0.15, 0.2) is 53.6 Å². The van der Waals surface area contributed by atoms with Gasteiger partial charge in [-0.15, -0.1) is 10.2 Å². The molecule has 1 unspecified atom stereocenters. The number of likely N-dealkylation sites (tertiary alicyclic amines) is 1. The summed E-state index contributed by atoms with van der Waals surface area (Å²) in [5.41, 5.74) is 1.20. The molecule has 1 aromatic carbocycles. The fourth-order valence-electron chi connectivity index (χ4n) is 3.51. The number of carbonyl (C=O) groups excluding carboxylic acids is 1. The van der Waals surface area contributed by atoms with Gasteiger partial charge in [0, 0.05) is 32.4 Å². The number of carbonyl (C=O) groups is 1. The van der Waals surface area contributed by atoms with Gasteiger partial charge < -0.3 is 4.90 Å². The van der Waals surface area contributed by atoms with Crippen molar-refractivity contribution in [3.63, 3.8) is 0 Å². The average molecular weight is 399 g/mol. The lowest BCUT2D eigenvalue weighted by molar-refractivity contribution is 0.0729. The summed E-state index contributed by atoms with van der Waals surface area (Å²) >= 11 is 0. The maximum Gasteiger partial charge on any atom is 0.254 e. The lowest BCUT2D eigenvalue weighted by Crippen LogP contribution is -2.31. The van der Waals surface area contributed by atoms with Gasteiger partial charge in [0.05, 0.1) is 10.9 Å². The predicted octanol–water partition coefficient (Wildman–Crippen LogP) is 1.96. The summed E-state index contributed by atoms with van der Waals surface area (Å²) in [4.78, 5) is 15.0. The maximum atomic E-state index is 13.1. The molecule has 2 aromatic heterocycles. The van der Waals surface area contributed by atoms with E-state index in [1.165, 1.54) is 26.2 Å². The molecule has 1 amide bonds. The van der Waals surface area contributed by atoms with Crippen molar-refractivity contribution in [2.45, 2.75) is 23.8 Å². The van der Waals surface area contributed by atoms with E-state index in [1.807, 2.05) is 28.8 Å². The highest BCUT2D eigenvalue weighted by atomic mass is 32.2. The van der Waals surface area contributed by atoms with Crippen LogP contribution >= 0.6 is 0 Å². The Morgan fingerprint density at radius 3 is 2.57 bits per heavy atom. The molecule has 1 fully saturated rings. The van der Waals surface area contributed by atoms with Crippen molar-refractivity contribution in [1.82, 2.24) is 23.8 Å². The summed E-state index contributed by atoms with van der Waals surface area (Å²) in [5, 5.41) is 8.49. The van der Waals surface area contributed by atoms with Crippen LogP contribution in [0.25, 0.3) is 5.65 Å². The second-order valence-corrected chi connectivity index (χ2v) is 9.11. The van der Waals surface area contributed by atoms with E-state index in [9.17, 15) is 13.2 Å². The van der Waals surface area contributed by atoms with Crippen molar-refractivity contribution in [2.75, 3.05) is 20.6 Å². The van der Waals surface area contributed by atoms with E-state index in [1.54, 1.807) is 17.0 Å². The Labute approximate surface area is 163 Å². The molecule has 4 rings (SSSR count). The van der Waals surface area contributed by atoms with E-state index in [4.69, 9.17) is 0 Å². The Balaban J connectivity index is 1.62. The smallest absolute Gasteiger partial charge is 0.254 e. The molecule has 3 heterocycles. The van der Waals surface area contributed by atoms with Crippen LogP contribution in [0.1, 0.15) is 35.1 Å². The molecular weight excluding hydrogens is 378 g/mol. The van der Waals surface area contributed by atoms with Crippen molar-refractivity contribution in [3.05, 3.63) is 60.0 Å². The molecule has 1 aliphatic rings. The first-order valence-electron chi connectivity index (χ1n) is 9.03. The van der Waals surface area contributed by atoms with Gasteiger partial charge in [0.1, 0.15) is 0 Å². The van der Waals surface area contributed by atoms with Crippen molar-refractivity contribution in [2.24, 2.45) is 0 Å². The molecule has 0 bridgehead atoms. The van der Waals surface area contributed by atoms with Gasteiger partial charge >= 0.3 is 0 Å². The molecule has 0 spiro atoms. The van der Waals surface area contributed by atoms with E-state index in [2.05, 4.69) is 10.2 Å². The van der Waals surface area contributed by atoms with Gasteiger partial charge in [-0.25, -0.2) is 12.7 Å². The first-order chi connectivity index (χ1) is 13.4. The quantitative estimate of drug-likeness (QED) is 0.669. The third kappa shape index (κ3) is 3.06. The summed E-state index contributed by atoms with van der Waals surface area (Å²) in [6.07, 6.45) is 3.59. The van der Waals surface area contributed by atoms with Gasteiger partial charge in [0.15, 0.2) is 11.5 Å². The van der Waals surface area contributed by atoms with E-state index < -0.39 is 10.0 Å². The highest BCUT2D eigenvalue weighted by Crippen LogP contribution is 2.32. The number of benzene rings is 1. The standard InChI is InChI=1S/C19H21N5O3S/c1-22(2)28(26,27)15-10-8-14(9-11-15)19(25)23-13-5-6-16(23)18-21-20-17-7-3-4-12-24(17)18/h3-4,7-12,16H,5-6,13H2,1-2H3. The predicted molar refractivity (Wildman–Crippen MR) is 103 cm³/mol. The minimum Gasteiger partial charge on any atom is -0.328 e. The molecule has 0 aliphatic carbocycles. The summed E-state index contributed by atoms with van der Waals surface area (Å²) in [7, 11) is -0.566. The number of fused-ring (bicyclic) bond motifs is 1. The molecular formula is C19H21N5O3S. The minimum absolute atomic E-state index is 0.135. The topological polar surface area (TPSA) is 87.9 Å². The fourth-order valence-corrected chi connectivity index (χ4v) is 4.41. The molecule has 1 aliphatic heterocycles. The Morgan fingerprint density at radius 1 is 1.11 bits per heavy atom. The average Bonchev–Trinajstić information content (AvgIpc) is 3.34. The van der Waals surface area contributed by atoms with E-state index in [0.717, 1.165) is 28.6 Å². The van der Waals surface area contributed by atoms with E-state index >= 15 is 0 Å². The van der Waals surface area contributed by atoms with Crippen LogP contribution in [0.4, 0.5) is 0 Å². The Morgan fingerprint density at radius 2 is 1.86 bits per heavy atom. The molecule has 8 nitrogen and oxygen atoms in total. The normalized spacial score (nSPS) is 17.5. The maximum absolute atomic E-state index is 13.1. The lowest BCUT2D eigenvalue weighted by atomic mass is 10.1. The van der Waals surface area contributed by atoms with Crippen molar-refractivity contribution >= 4 is 21.6 Å². The molecule has 3 aromatic rings. The third-order valence-corrected chi connectivity index (χ3v) is 6.86. The Kier molecular flexibility index (Phi) is 4.64. The molecule has 0 saturated carbocycles.